The summed E-state index contributed by atoms with van der Waals surface area (Å²) in [5, 5.41) is 3.46. The van der Waals surface area contributed by atoms with E-state index in [0.717, 1.165) is 38.8 Å². The quantitative estimate of drug-likeness (QED) is 0.774. The van der Waals surface area contributed by atoms with E-state index < -0.39 is 0 Å². The summed E-state index contributed by atoms with van der Waals surface area (Å²) in [5.41, 5.74) is 6.02. The van der Waals surface area contributed by atoms with E-state index in [1.165, 1.54) is 0 Å². The Kier molecular flexibility index (Phi) is 7.82. The van der Waals surface area contributed by atoms with Gasteiger partial charge in [-0.1, -0.05) is 12.8 Å². The molecule has 2 rings (SSSR count). The van der Waals surface area contributed by atoms with Gasteiger partial charge in [-0.3, -0.25) is 4.79 Å². The molecule has 4 nitrogen and oxygen atoms in total. The summed E-state index contributed by atoms with van der Waals surface area (Å²) < 4.78 is 0. The first kappa shape index (κ1) is 20.0. The molecular formula is C14H29Cl2N3O. The van der Waals surface area contributed by atoms with E-state index >= 15 is 0 Å². The van der Waals surface area contributed by atoms with Crippen molar-refractivity contribution in [1.29, 1.82) is 0 Å². The molecule has 1 saturated carbocycles. The lowest BCUT2D eigenvalue weighted by Crippen LogP contribution is -2.60. The van der Waals surface area contributed by atoms with Crippen LogP contribution in [-0.2, 0) is 4.79 Å². The molecule has 0 bridgehead atoms. The Labute approximate surface area is 135 Å². The topological polar surface area (TPSA) is 58.4 Å². The van der Waals surface area contributed by atoms with Crippen LogP contribution in [0.4, 0.5) is 0 Å². The van der Waals surface area contributed by atoms with Crippen molar-refractivity contribution in [2.75, 3.05) is 13.1 Å². The normalized spacial score (nSPS) is 37.6. The maximum atomic E-state index is 12.7. The fraction of sp³-hybridized carbons (Fsp3) is 0.929. The zero-order valence-electron chi connectivity index (χ0n) is 12.7. The fourth-order valence-corrected chi connectivity index (χ4v) is 3.49. The average Bonchev–Trinajstić information content (AvgIpc) is 2.26. The van der Waals surface area contributed by atoms with Crippen molar-refractivity contribution >= 4 is 30.7 Å². The van der Waals surface area contributed by atoms with Crippen molar-refractivity contribution in [1.82, 2.24) is 10.2 Å². The summed E-state index contributed by atoms with van der Waals surface area (Å²) in [6, 6.07) is 0.760. The zero-order valence-corrected chi connectivity index (χ0v) is 14.4. The van der Waals surface area contributed by atoms with Gasteiger partial charge in [0.2, 0.25) is 5.91 Å². The Bertz CT molecular complexity index is 316. The maximum Gasteiger partial charge on any atom is 0.227 e. The van der Waals surface area contributed by atoms with Crippen LogP contribution in [0.3, 0.4) is 0 Å². The molecule has 3 N–H and O–H groups in total. The number of halogens is 2. The minimum Gasteiger partial charge on any atom is -0.339 e. The van der Waals surface area contributed by atoms with Gasteiger partial charge in [0.1, 0.15) is 0 Å². The number of rotatable bonds is 1. The molecule has 1 heterocycles. The van der Waals surface area contributed by atoms with E-state index in [1.54, 1.807) is 0 Å². The molecule has 4 unspecified atom stereocenters. The minimum absolute atomic E-state index is 0. The SMILES string of the molecule is CC1CN(C(=O)C2CCCCC2(C)N)CC(C)N1.Cl.Cl. The van der Waals surface area contributed by atoms with Crippen molar-refractivity contribution in [3.05, 3.63) is 0 Å². The van der Waals surface area contributed by atoms with Crippen LogP contribution < -0.4 is 11.1 Å². The van der Waals surface area contributed by atoms with Crippen molar-refractivity contribution in [3.63, 3.8) is 0 Å². The molecule has 0 aromatic heterocycles. The van der Waals surface area contributed by atoms with E-state index in [0.29, 0.717) is 12.1 Å². The number of carbonyl (C=O) groups excluding carboxylic acids is 1. The highest BCUT2D eigenvalue weighted by Crippen LogP contribution is 2.33. The number of nitrogens with zero attached hydrogens (tertiary/aromatic N) is 1. The summed E-state index contributed by atoms with van der Waals surface area (Å²) >= 11 is 0. The molecule has 6 heteroatoms. The fourth-order valence-electron chi connectivity index (χ4n) is 3.49. The monoisotopic (exact) mass is 325 g/mol. The van der Waals surface area contributed by atoms with Crippen LogP contribution in [0.2, 0.25) is 0 Å². The Morgan fingerprint density at radius 1 is 1.20 bits per heavy atom. The molecule has 0 aromatic carbocycles. The van der Waals surface area contributed by atoms with E-state index in [1.807, 2.05) is 11.8 Å². The van der Waals surface area contributed by atoms with Gasteiger partial charge in [0.15, 0.2) is 0 Å². The lowest BCUT2D eigenvalue weighted by molar-refractivity contribution is -0.140. The Morgan fingerprint density at radius 2 is 1.75 bits per heavy atom. The third kappa shape index (κ3) is 4.48. The Balaban J connectivity index is 0.00000180. The van der Waals surface area contributed by atoms with E-state index in [2.05, 4.69) is 19.2 Å². The molecule has 0 spiro atoms. The standard InChI is InChI=1S/C14H27N3O.2ClH/c1-10-8-17(9-11(2)16-10)13(18)12-6-4-5-7-14(12,3)15;;/h10-12,16H,4-9,15H2,1-3H3;2*1H. The van der Waals surface area contributed by atoms with Gasteiger partial charge in [-0.25, -0.2) is 0 Å². The molecule has 1 saturated heterocycles. The van der Waals surface area contributed by atoms with E-state index in [-0.39, 0.29) is 42.2 Å². The molecule has 1 amide bonds. The largest absolute Gasteiger partial charge is 0.339 e. The Hall–Kier alpha value is -0.0300. The van der Waals surface area contributed by atoms with Crippen molar-refractivity contribution in [2.24, 2.45) is 11.7 Å². The van der Waals surface area contributed by atoms with Gasteiger partial charge in [-0.05, 0) is 33.6 Å². The van der Waals surface area contributed by atoms with Crippen LogP contribution in [0.5, 0.6) is 0 Å². The minimum atomic E-state index is -0.313. The summed E-state index contributed by atoms with van der Waals surface area (Å²) in [6.07, 6.45) is 4.23. The number of piperazine rings is 1. The summed E-state index contributed by atoms with van der Waals surface area (Å²) in [5.74, 6) is 0.295. The lowest BCUT2D eigenvalue weighted by Gasteiger charge is -2.43. The predicted octanol–water partition coefficient (Wildman–Crippen LogP) is 1.95. The molecule has 4 atom stereocenters. The first-order chi connectivity index (χ1) is 8.40. The van der Waals surface area contributed by atoms with Gasteiger partial charge >= 0.3 is 0 Å². The third-order valence-electron chi connectivity index (χ3n) is 4.42. The molecule has 20 heavy (non-hydrogen) atoms. The highest BCUT2D eigenvalue weighted by atomic mass is 35.5. The van der Waals surface area contributed by atoms with Crippen LogP contribution in [-0.4, -0.2) is 41.5 Å². The first-order valence-corrected chi connectivity index (χ1v) is 7.24. The molecule has 120 valence electrons. The number of nitrogens with one attached hydrogen (secondary N) is 1. The van der Waals surface area contributed by atoms with Crippen molar-refractivity contribution < 1.29 is 4.79 Å². The number of amides is 1. The maximum absolute atomic E-state index is 12.7. The average molecular weight is 326 g/mol. The molecule has 2 fully saturated rings. The number of nitrogens with two attached hydrogens (primary N) is 1. The molecule has 1 aliphatic heterocycles. The molecule has 0 aromatic rings. The van der Waals surface area contributed by atoms with Crippen LogP contribution in [0.1, 0.15) is 46.5 Å². The van der Waals surface area contributed by atoms with Crippen LogP contribution in [0.25, 0.3) is 0 Å². The second-order valence-electron chi connectivity index (χ2n) is 6.52. The summed E-state index contributed by atoms with van der Waals surface area (Å²) in [4.78, 5) is 14.7. The molecule has 0 radical (unpaired) electrons. The summed E-state index contributed by atoms with van der Waals surface area (Å²) in [7, 11) is 0. The second kappa shape index (κ2) is 7.83. The van der Waals surface area contributed by atoms with Gasteiger partial charge in [0.05, 0.1) is 5.92 Å². The van der Waals surface area contributed by atoms with Crippen LogP contribution in [0.15, 0.2) is 0 Å². The van der Waals surface area contributed by atoms with E-state index in [9.17, 15) is 4.79 Å². The number of hydrogen-bond acceptors (Lipinski definition) is 3. The van der Waals surface area contributed by atoms with Gasteiger partial charge in [-0.2, -0.15) is 0 Å². The first-order valence-electron chi connectivity index (χ1n) is 7.24. The van der Waals surface area contributed by atoms with Gasteiger partial charge in [-0.15, -0.1) is 24.8 Å². The van der Waals surface area contributed by atoms with E-state index in [4.69, 9.17) is 5.73 Å². The lowest BCUT2D eigenvalue weighted by atomic mass is 9.74. The number of hydrogen-bond donors (Lipinski definition) is 2. The third-order valence-corrected chi connectivity index (χ3v) is 4.42. The van der Waals surface area contributed by atoms with Crippen LogP contribution >= 0.6 is 24.8 Å². The second-order valence-corrected chi connectivity index (χ2v) is 6.52. The molecule has 2 aliphatic rings. The highest BCUT2D eigenvalue weighted by Gasteiger charge is 2.40. The molecular weight excluding hydrogens is 297 g/mol. The molecule has 1 aliphatic carbocycles. The van der Waals surface area contributed by atoms with Crippen LogP contribution in [0, 0.1) is 5.92 Å². The smallest absolute Gasteiger partial charge is 0.227 e. The highest BCUT2D eigenvalue weighted by molar-refractivity contribution is 5.85. The van der Waals surface area contributed by atoms with Gasteiger partial charge in [0.25, 0.3) is 0 Å². The van der Waals surface area contributed by atoms with Gasteiger partial charge < -0.3 is 16.0 Å². The number of carbonyl (C=O) groups is 1. The van der Waals surface area contributed by atoms with Crippen molar-refractivity contribution in [2.45, 2.75) is 64.1 Å². The predicted molar refractivity (Wildman–Crippen MR) is 87.7 cm³/mol. The Morgan fingerprint density at radius 3 is 2.25 bits per heavy atom. The zero-order chi connectivity index (χ0) is 13.3. The van der Waals surface area contributed by atoms with Gasteiger partial charge in [0, 0.05) is 30.7 Å². The summed E-state index contributed by atoms with van der Waals surface area (Å²) in [6.45, 7) is 7.95. The van der Waals surface area contributed by atoms with Crippen molar-refractivity contribution in [3.8, 4) is 0 Å².